The van der Waals surface area contributed by atoms with Crippen molar-refractivity contribution >= 4 is 0 Å². The molecule has 0 aliphatic rings. The van der Waals surface area contributed by atoms with E-state index in [9.17, 15) is 0 Å². The molecule has 8 rings (SSSR count). The minimum Gasteiger partial charge on any atom is -0.264 e. The lowest BCUT2D eigenvalue weighted by Crippen LogP contribution is -1.88. The van der Waals surface area contributed by atoms with E-state index in [1.165, 1.54) is 55.6 Å². The Morgan fingerprint density at radius 2 is 0.479 bits per heavy atom. The maximum absolute atomic E-state index is 4.32. The van der Waals surface area contributed by atoms with Crippen molar-refractivity contribution in [2.24, 2.45) is 0 Å². The molecule has 2 nitrogen and oxygen atoms in total. The molecule has 0 aliphatic carbocycles. The number of rotatable bonds is 7. The average Bonchev–Trinajstić information content (AvgIpc) is 3.19. The Bertz CT molecular complexity index is 2180. The van der Waals surface area contributed by atoms with Gasteiger partial charge in [0.05, 0.1) is 0 Å². The van der Waals surface area contributed by atoms with Crippen LogP contribution < -0.4 is 0 Å². The lowest BCUT2D eigenvalue weighted by atomic mass is 9.91. The third-order valence-electron chi connectivity index (χ3n) is 8.81. The van der Waals surface area contributed by atoms with E-state index in [4.69, 9.17) is 0 Å². The van der Waals surface area contributed by atoms with Crippen molar-refractivity contribution in [1.82, 2.24) is 9.97 Å². The van der Waals surface area contributed by atoms with Crippen LogP contribution in [0.5, 0.6) is 0 Å². The smallest absolute Gasteiger partial charge is 0.0346 e. The third kappa shape index (κ3) is 6.20. The molecular formula is C46H32N2. The first-order valence-electron chi connectivity index (χ1n) is 16.2. The number of benzene rings is 6. The van der Waals surface area contributed by atoms with Crippen molar-refractivity contribution in [1.29, 1.82) is 0 Å². The molecule has 0 aliphatic heterocycles. The summed E-state index contributed by atoms with van der Waals surface area (Å²) in [4.78, 5) is 8.64. The Morgan fingerprint density at radius 1 is 0.208 bits per heavy atom. The Kier molecular flexibility index (Phi) is 7.96. The number of hydrogen-bond acceptors (Lipinski definition) is 2. The number of aromatic nitrogens is 2. The van der Waals surface area contributed by atoms with Crippen LogP contribution in [0.25, 0.3) is 77.9 Å². The molecule has 48 heavy (non-hydrogen) atoms. The van der Waals surface area contributed by atoms with Gasteiger partial charge in [-0.2, -0.15) is 0 Å². The van der Waals surface area contributed by atoms with Gasteiger partial charge in [-0.25, -0.2) is 0 Å². The largest absolute Gasteiger partial charge is 0.264 e. The molecule has 0 saturated carbocycles. The zero-order chi connectivity index (χ0) is 32.1. The molecule has 8 aromatic rings. The molecular weight excluding hydrogens is 581 g/mol. The minimum absolute atomic E-state index is 1.11. The van der Waals surface area contributed by atoms with Crippen LogP contribution in [0.1, 0.15) is 0 Å². The summed E-state index contributed by atoms with van der Waals surface area (Å²) in [5, 5.41) is 0. The van der Waals surface area contributed by atoms with Gasteiger partial charge in [0.25, 0.3) is 0 Å². The Morgan fingerprint density at radius 3 is 0.833 bits per heavy atom. The van der Waals surface area contributed by atoms with Crippen LogP contribution >= 0.6 is 0 Å². The summed E-state index contributed by atoms with van der Waals surface area (Å²) in [6, 6.07) is 60.9. The number of pyridine rings is 2. The second-order valence-corrected chi connectivity index (χ2v) is 12.0. The molecule has 0 fully saturated rings. The summed E-state index contributed by atoms with van der Waals surface area (Å²) in [5.74, 6) is 0. The lowest BCUT2D eigenvalue weighted by molar-refractivity contribution is 1.33. The molecule has 2 aromatic heterocycles. The summed E-state index contributed by atoms with van der Waals surface area (Å²) in [6.45, 7) is 0. The summed E-state index contributed by atoms with van der Waals surface area (Å²) in [7, 11) is 0. The predicted molar refractivity (Wildman–Crippen MR) is 200 cm³/mol. The summed E-state index contributed by atoms with van der Waals surface area (Å²) in [5.41, 5.74) is 16.4. The predicted octanol–water partition coefficient (Wildman–Crippen LogP) is 12.1. The fraction of sp³-hybridized carbons (Fsp3) is 0. The van der Waals surface area contributed by atoms with Gasteiger partial charge < -0.3 is 0 Å². The SMILES string of the molecule is c1ccc(-c2cc(-c3cccc(-c4cccc(-c5cccnc5)c4)c3)cc(-c3cccc(-c4cccc(-c5cccnc5)c4)c3)c2)cc1. The minimum atomic E-state index is 1.11. The second-order valence-electron chi connectivity index (χ2n) is 12.0. The maximum Gasteiger partial charge on any atom is 0.0346 e. The van der Waals surface area contributed by atoms with Gasteiger partial charge in [-0.05, 0) is 121 Å². The molecule has 2 heterocycles. The van der Waals surface area contributed by atoms with E-state index < -0.39 is 0 Å². The van der Waals surface area contributed by atoms with Crippen molar-refractivity contribution in [3.8, 4) is 77.9 Å². The standard InChI is InChI=1S/C46H32N2/c1-2-10-33(11-3-1)44-28-45(40-18-6-14-36(26-40)34-12-4-16-38(24-34)42-20-8-22-47-31-42)30-46(29-44)41-19-7-15-37(27-41)35-13-5-17-39(25-35)43-21-9-23-48-32-43/h1-32H. The molecule has 0 radical (unpaired) electrons. The molecule has 2 heteroatoms. The summed E-state index contributed by atoms with van der Waals surface area (Å²) in [6.07, 6.45) is 7.45. The second kappa shape index (κ2) is 13.2. The first-order valence-corrected chi connectivity index (χ1v) is 16.2. The van der Waals surface area contributed by atoms with Crippen LogP contribution in [-0.4, -0.2) is 9.97 Å². The van der Waals surface area contributed by atoms with E-state index in [1.807, 2.05) is 36.9 Å². The van der Waals surface area contributed by atoms with Crippen molar-refractivity contribution in [2.75, 3.05) is 0 Å². The highest BCUT2D eigenvalue weighted by Gasteiger charge is 2.11. The van der Waals surface area contributed by atoms with Crippen molar-refractivity contribution in [2.45, 2.75) is 0 Å². The van der Waals surface area contributed by atoms with Gasteiger partial charge in [0, 0.05) is 35.9 Å². The maximum atomic E-state index is 4.32. The quantitative estimate of drug-likeness (QED) is 0.179. The Balaban J connectivity index is 1.20. The van der Waals surface area contributed by atoms with Gasteiger partial charge in [0.1, 0.15) is 0 Å². The molecule has 0 unspecified atom stereocenters. The molecule has 0 amide bonds. The van der Waals surface area contributed by atoms with Crippen LogP contribution in [0.4, 0.5) is 0 Å². The van der Waals surface area contributed by atoms with Gasteiger partial charge in [0.2, 0.25) is 0 Å². The van der Waals surface area contributed by atoms with Crippen LogP contribution in [0.3, 0.4) is 0 Å². The topological polar surface area (TPSA) is 25.8 Å². The van der Waals surface area contributed by atoms with E-state index in [2.05, 4.69) is 168 Å². The van der Waals surface area contributed by atoms with Crippen molar-refractivity contribution in [3.05, 3.63) is 195 Å². The lowest BCUT2D eigenvalue weighted by Gasteiger charge is -2.14. The average molecular weight is 613 g/mol. The highest BCUT2D eigenvalue weighted by atomic mass is 14.6. The number of nitrogens with zero attached hydrogens (tertiary/aromatic N) is 2. The van der Waals surface area contributed by atoms with E-state index in [0.29, 0.717) is 0 Å². The van der Waals surface area contributed by atoms with Crippen molar-refractivity contribution in [3.63, 3.8) is 0 Å². The molecule has 0 N–H and O–H groups in total. The summed E-state index contributed by atoms with van der Waals surface area (Å²) >= 11 is 0. The van der Waals surface area contributed by atoms with Crippen LogP contribution in [0.2, 0.25) is 0 Å². The van der Waals surface area contributed by atoms with E-state index in [-0.39, 0.29) is 0 Å². The van der Waals surface area contributed by atoms with Gasteiger partial charge in [-0.1, -0.05) is 115 Å². The van der Waals surface area contributed by atoms with Gasteiger partial charge in [0.15, 0.2) is 0 Å². The van der Waals surface area contributed by atoms with Gasteiger partial charge >= 0.3 is 0 Å². The molecule has 0 atom stereocenters. The zero-order valence-corrected chi connectivity index (χ0v) is 26.4. The highest BCUT2D eigenvalue weighted by molar-refractivity contribution is 5.85. The third-order valence-corrected chi connectivity index (χ3v) is 8.81. The van der Waals surface area contributed by atoms with E-state index >= 15 is 0 Å². The van der Waals surface area contributed by atoms with Crippen molar-refractivity contribution < 1.29 is 0 Å². The first-order chi connectivity index (χ1) is 23.8. The number of hydrogen-bond donors (Lipinski definition) is 0. The fourth-order valence-corrected chi connectivity index (χ4v) is 6.34. The highest BCUT2D eigenvalue weighted by Crippen LogP contribution is 2.36. The van der Waals surface area contributed by atoms with Crippen LogP contribution in [0, 0.1) is 0 Å². The summed E-state index contributed by atoms with van der Waals surface area (Å²) < 4.78 is 0. The molecule has 0 bridgehead atoms. The normalized spacial score (nSPS) is 10.9. The molecule has 0 saturated heterocycles. The Labute approximate surface area is 281 Å². The molecule has 6 aromatic carbocycles. The first kappa shape index (κ1) is 29.1. The van der Waals surface area contributed by atoms with E-state index in [0.717, 1.165) is 22.3 Å². The van der Waals surface area contributed by atoms with Crippen LogP contribution in [0.15, 0.2) is 195 Å². The molecule has 226 valence electrons. The fourth-order valence-electron chi connectivity index (χ4n) is 6.34. The molecule has 0 spiro atoms. The Hall–Kier alpha value is -6.38. The monoisotopic (exact) mass is 612 g/mol. The van der Waals surface area contributed by atoms with E-state index in [1.54, 1.807) is 0 Å². The zero-order valence-electron chi connectivity index (χ0n) is 26.4. The van der Waals surface area contributed by atoms with Crippen LogP contribution in [-0.2, 0) is 0 Å². The van der Waals surface area contributed by atoms with Gasteiger partial charge in [-0.15, -0.1) is 0 Å². The van der Waals surface area contributed by atoms with Gasteiger partial charge in [-0.3, -0.25) is 9.97 Å².